The minimum atomic E-state index is 0.0223. The van der Waals surface area contributed by atoms with Crippen LogP contribution in [-0.4, -0.2) is 30.1 Å². The summed E-state index contributed by atoms with van der Waals surface area (Å²) in [6, 6.07) is 7.53. The highest BCUT2D eigenvalue weighted by atomic mass is 16.5. The topological polar surface area (TPSA) is 46.3 Å². The molecule has 1 amide bonds. The highest BCUT2D eigenvalue weighted by molar-refractivity contribution is 5.85. The second kappa shape index (κ2) is 3.73. The molecule has 2 rings (SSSR count). The van der Waals surface area contributed by atoms with Crippen molar-refractivity contribution in [3.8, 4) is 0 Å². The number of nitrogens with zero attached hydrogens (tertiary/aromatic N) is 2. The molecule has 78 valence electrons. The van der Waals surface area contributed by atoms with Crippen LogP contribution in [0, 0.1) is 0 Å². The Morgan fingerprint density at radius 3 is 2.87 bits per heavy atom. The van der Waals surface area contributed by atoms with Gasteiger partial charge >= 0.3 is 0 Å². The lowest BCUT2D eigenvalue weighted by molar-refractivity contribution is -0.128. The number of likely N-dealkylation sites (N-methyl/N-ethyl adjacent to an activating group) is 1. The fourth-order valence-electron chi connectivity index (χ4n) is 1.37. The molecule has 0 saturated carbocycles. The summed E-state index contributed by atoms with van der Waals surface area (Å²) >= 11 is 0. The second-order valence-corrected chi connectivity index (χ2v) is 3.59. The molecule has 4 nitrogen and oxygen atoms in total. The summed E-state index contributed by atoms with van der Waals surface area (Å²) in [5.74, 6) is 0.0223. The van der Waals surface area contributed by atoms with Crippen LogP contribution in [0.1, 0.15) is 5.69 Å². The molecular weight excluding hydrogens is 192 g/mol. The monoisotopic (exact) mass is 204 g/mol. The Hall–Kier alpha value is -1.84. The van der Waals surface area contributed by atoms with E-state index in [0.29, 0.717) is 5.69 Å². The smallest absolute Gasteiger partial charge is 0.228 e. The zero-order valence-corrected chi connectivity index (χ0v) is 8.73. The largest absolute Gasteiger partial charge is 0.356 e. The van der Waals surface area contributed by atoms with E-state index in [9.17, 15) is 4.79 Å². The highest BCUT2D eigenvalue weighted by Gasteiger charge is 2.12. The number of carbonyl (C=O) groups excluding carboxylic acids is 1. The molecule has 0 saturated heterocycles. The zero-order chi connectivity index (χ0) is 10.8. The van der Waals surface area contributed by atoms with Crippen molar-refractivity contribution in [2.45, 2.75) is 6.42 Å². The Kier molecular flexibility index (Phi) is 2.41. The lowest BCUT2D eigenvalue weighted by Gasteiger charge is -2.07. The molecule has 0 N–H and O–H groups in total. The summed E-state index contributed by atoms with van der Waals surface area (Å²) in [7, 11) is 3.45. The van der Waals surface area contributed by atoms with Crippen molar-refractivity contribution in [3.05, 3.63) is 30.0 Å². The van der Waals surface area contributed by atoms with Gasteiger partial charge in [-0.25, -0.2) is 0 Å². The summed E-state index contributed by atoms with van der Waals surface area (Å²) in [6.07, 6.45) is 0.282. The van der Waals surface area contributed by atoms with Gasteiger partial charge in [-0.05, 0) is 12.1 Å². The SMILES string of the molecule is CN(C)C(=O)Cc1noc2ccccc12. The normalized spacial score (nSPS) is 10.5. The average molecular weight is 204 g/mol. The minimum Gasteiger partial charge on any atom is -0.356 e. The Labute approximate surface area is 87.5 Å². The van der Waals surface area contributed by atoms with Crippen molar-refractivity contribution >= 4 is 16.9 Å². The van der Waals surface area contributed by atoms with Gasteiger partial charge in [0.1, 0.15) is 5.69 Å². The molecule has 0 radical (unpaired) electrons. The second-order valence-electron chi connectivity index (χ2n) is 3.59. The van der Waals surface area contributed by atoms with Gasteiger partial charge in [0.15, 0.2) is 5.58 Å². The van der Waals surface area contributed by atoms with E-state index in [0.717, 1.165) is 11.0 Å². The summed E-state index contributed by atoms with van der Waals surface area (Å²) in [4.78, 5) is 13.0. The number of aromatic nitrogens is 1. The molecule has 1 heterocycles. The summed E-state index contributed by atoms with van der Waals surface area (Å²) in [5.41, 5.74) is 1.42. The van der Waals surface area contributed by atoms with Crippen LogP contribution < -0.4 is 0 Å². The summed E-state index contributed by atoms with van der Waals surface area (Å²) < 4.78 is 5.11. The average Bonchev–Trinajstić information content (AvgIpc) is 2.62. The molecule has 0 aliphatic rings. The third-order valence-electron chi connectivity index (χ3n) is 2.27. The lowest BCUT2D eigenvalue weighted by atomic mass is 10.1. The van der Waals surface area contributed by atoms with Gasteiger partial charge < -0.3 is 9.42 Å². The molecule has 2 aromatic rings. The summed E-state index contributed by atoms with van der Waals surface area (Å²) in [6.45, 7) is 0. The predicted octanol–water partition coefficient (Wildman–Crippen LogP) is 1.46. The van der Waals surface area contributed by atoms with Gasteiger partial charge in [0.2, 0.25) is 5.91 Å². The molecule has 0 aliphatic heterocycles. The highest BCUT2D eigenvalue weighted by Crippen LogP contribution is 2.18. The van der Waals surface area contributed by atoms with Crippen molar-refractivity contribution in [1.29, 1.82) is 0 Å². The van der Waals surface area contributed by atoms with Crippen LogP contribution in [-0.2, 0) is 11.2 Å². The van der Waals surface area contributed by atoms with Crippen molar-refractivity contribution < 1.29 is 9.32 Å². The van der Waals surface area contributed by atoms with Crippen LogP contribution >= 0.6 is 0 Å². The van der Waals surface area contributed by atoms with Gasteiger partial charge in [0.25, 0.3) is 0 Å². The maximum Gasteiger partial charge on any atom is 0.228 e. The summed E-state index contributed by atoms with van der Waals surface area (Å²) in [5, 5.41) is 4.81. The van der Waals surface area contributed by atoms with E-state index in [1.807, 2.05) is 24.3 Å². The van der Waals surface area contributed by atoms with Crippen LogP contribution in [0.5, 0.6) is 0 Å². The maximum atomic E-state index is 11.5. The Bertz CT molecular complexity index is 488. The quantitative estimate of drug-likeness (QED) is 0.744. The molecule has 4 heteroatoms. The Balaban J connectivity index is 2.33. The molecule has 0 atom stereocenters. The van der Waals surface area contributed by atoms with Crippen molar-refractivity contribution in [2.75, 3.05) is 14.1 Å². The minimum absolute atomic E-state index is 0.0223. The third-order valence-corrected chi connectivity index (χ3v) is 2.27. The van der Waals surface area contributed by atoms with Gasteiger partial charge in [-0.2, -0.15) is 0 Å². The van der Waals surface area contributed by atoms with Gasteiger partial charge in [0.05, 0.1) is 6.42 Å². The van der Waals surface area contributed by atoms with Crippen LogP contribution in [0.4, 0.5) is 0 Å². The number of para-hydroxylation sites is 1. The van der Waals surface area contributed by atoms with Crippen molar-refractivity contribution in [1.82, 2.24) is 10.1 Å². The van der Waals surface area contributed by atoms with E-state index in [1.165, 1.54) is 0 Å². The van der Waals surface area contributed by atoms with Gasteiger partial charge in [-0.1, -0.05) is 17.3 Å². The standard InChI is InChI=1S/C11H12N2O2/c1-13(2)11(14)7-9-8-5-3-4-6-10(8)15-12-9/h3-6H,7H2,1-2H3. The van der Waals surface area contributed by atoms with Crippen molar-refractivity contribution in [3.63, 3.8) is 0 Å². The van der Waals surface area contributed by atoms with Gasteiger partial charge in [0, 0.05) is 19.5 Å². The molecule has 1 aromatic carbocycles. The van der Waals surface area contributed by atoms with E-state index in [4.69, 9.17) is 4.52 Å². The van der Waals surface area contributed by atoms with Crippen LogP contribution in [0.25, 0.3) is 11.0 Å². The molecular formula is C11H12N2O2. The van der Waals surface area contributed by atoms with Crippen LogP contribution in [0.15, 0.2) is 28.8 Å². The van der Waals surface area contributed by atoms with Gasteiger partial charge in [-0.15, -0.1) is 0 Å². The first-order valence-corrected chi connectivity index (χ1v) is 4.72. The van der Waals surface area contributed by atoms with E-state index >= 15 is 0 Å². The number of fused-ring (bicyclic) bond motifs is 1. The fourth-order valence-corrected chi connectivity index (χ4v) is 1.37. The number of amides is 1. The zero-order valence-electron chi connectivity index (χ0n) is 8.73. The van der Waals surface area contributed by atoms with Crippen LogP contribution in [0.3, 0.4) is 0 Å². The van der Waals surface area contributed by atoms with Crippen molar-refractivity contribution in [2.24, 2.45) is 0 Å². The fraction of sp³-hybridized carbons (Fsp3) is 0.273. The first-order valence-electron chi connectivity index (χ1n) is 4.72. The Morgan fingerprint density at radius 1 is 1.40 bits per heavy atom. The predicted molar refractivity (Wildman–Crippen MR) is 56.4 cm³/mol. The molecule has 0 spiro atoms. The molecule has 0 fully saturated rings. The van der Waals surface area contributed by atoms with E-state index in [1.54, 1.807) is 19.0 Å². The number of benzene rings is 1. The molecule has 0 aliphatic carbocycles. The van der Waals surface area contributed by atoms with E-state index < -0.39 is 0 Å². The number of rotatable bonds is 2. The third kappa shape index (κ3) is 1.83. The number of hydrogen-bond donors (Lipinski definition) is 0. The van der Waals surface area contributed by atoms with E-state index in [-0.39, 0.29) is 12.3 Å². The van der Waals surface area contributed by atoms with Crippen LogP contribution in [0.2, 0.25) is 0 Å². The number of hydrogen-bond acceptors (Lipinski definition) is 3. The first kappa shape index (κ1) is 9.71. The number of carbonyl (C=O) groups is 1. The molecule has 0 bridgehead atoms. The molecule has 1 aromatic heterocycles. The first-order chi connectivity index (χ1) is 7.18. The lowest BCUT2D eigenvalue weighted by Crippen LogP contribution is -2.23. The van der Waals surface area contributed by atoms with Gasteiger partial charge in [-0.3, -0.25) is 4.79 Å². The van der Waals surface area contributed by atoms with E-state index in [2.05, 4.69) is 5.16 Å². The molecule has 0 unspecified atom stereocenters. The molecule has 15 heavy (non-hydrogen) atoms. The maximum absolute atomic E-state index is 11.5. The Morgan fingerprint density at radius 2 is 2.13 bits per heavy atom.